The summed E-state index contributed by atoms with van der Waals surface area (Å²) in [5.74, 6) is -0.842. The zero-order valence-electron chi connectivity index (χ0n) is 14.7. The highest BCUT2D eigenvalue weighted by Crippen LogP contribution is 2.26. The van der Waals surface area contributed by atoms with Crippen molar-refractivity contribution in [3.8, 4) is 0 Å². The van der Waals surface area contributed by atoms with E-state index in [4.69, 9.17) is 23.2 Å². The van der Waals surface area contributed by atoms with Crippen LogP contribution in [0.15, 0.2) is 48.5 Å². The average molecular weight is 421 g/mol. The third-order valence-electron chi connectivity index (χ3n) is 4.20. The number of halogens is 2. The number of rotatable bonds is 4. The van der Waals surface area contributed by atoms with Crippen molar-refractivity contribution in [1.29, 1.82) is 0 Å². The molecule has 1 atom stereocenters. The number of hydrogen-bond acceptors (Lipinski definition) is 3. The number of carbonyl (C=O) groups is 3. The quantitative estimate of drug-likeness (QED) is 0.707. The zero-order chi connectivity index (χ0) is 20.1. The number of urea groups is 1. The van der Waals surface area contributed by atoms with Gasteiger partial charge in [-0.1, -0.05) is 41.4 Å². The van der Waals surface area contributed by atoms with Crippen molar-refractivity contribution in [2.24, 2.45) is 0 Å². The Labute approximate surface area is 172 Å². The maximum atomic E-state index is 12.6. The van der Waals surface area contributed by atoms with Crippen molar-refractivity contribution in [2.75, 3.05) is 23.7 Å². The van der Waals surface area contributed by atoms with Crippen LogP contribution in [0.2, 0.25) is 10.0 Å². The van der Waals surface area contributed by atoms with E-state index in [1.807, 2.05) is 6.07 Å². The predicted molar refractivity (Wildman–Crippen MR) is 109 cm³/mol. The number of anilines is 2. The molecule has 3 rings (SSSR count). The molecule has 1 fully saturated rings. The summed E-state index contributed by atoms with van der Waals surface area (Å²) >= 11 is 12.0. The largest absolute Gasteiger partial charge is 0.353 e. The molecule has 2 aromatic carbocycles. The minimum atomic E-state index is -0.935. The molecule has 1 saturated heterocycles. The van der Waals surface area contributed by atoms with Gasteiger partial charge in [0.1, 0.15) is 6.04 Å². The van der Waals surface area contributed by atoms with Crippen LogP contribution in [0.1, 0.15) is 6.42 Å². The Balaban J connectivity index is 1.69. The van der Waals surface area contributed by atoms with Crippen molar-refractivity contribution >= 4 is 52.4 Å². The van der Waals surface area contributed by atoms with Crippen LogP contribution in [0, 0.1) is 0 Å². The predicted octanol–water partition coefficient (Wildman–Crippen LogP) is 3.35. The Morgan fingerprint density at radius 3 is 2.61 bits per heavy atom. The highest BCUT2D eigenvalue weighted by molar-refractivity contribution is 6.35. The molecular formula is C19H18Cl2N4O3. The molecule has 0 unspecified atom stereocenters. The van der Waals surface area contributed by atoms with Gasteiger partial charge in [0.15, 0.2) is 0 Å². The van der Waals surface area contributed by atoms with Gasteiger partial charge in [0, 0.05) is 23.8 Å². The Hall–Kier alpha value is -2.77. The van der Waals surface area contributed by atoms with E-state index in [-0.39, 0.29) is 12.3 Å². The monoisotopic (exact) mass is 420 g/mol. The summed E-state index contributed by atoms with van der Waals surface area (Å²) < 4.78 is 0. The van der Waals surface area contributed by atoms with Crippen molar-refractivity contribution in [3.05, 3.63) is 58.6 Å². The Morgan fingerprint density at radius 1 is 1.11 bits per heavy atom. The summed E-state index contributed by atoms with van der Waals surface area (Å²) in [6.07, 6.45) is -0.211. The van der Waals surface area contributed by atoms with Gasteiger partial charge in [0.25, 0.3) is 0 Å². The molecule has 1 heterocycles. The summed E-state index contributed by atoms with van der Waals surface area (Å²) in [5.41, 5.74) is 0.947. The standard InChI is InChI=1S/C19H18Cl2N4O3/c20-12-6-7-14(21)15(10-12)24-17(26)11-16-18(27)22-8-9-25(16)19(28)23-13-4-2-1-3-5-13/h1-7,10,16H,8-9,11H2,(H,22,27)(H,23,28)(H,24,26)/t16-/m0/s1. The summed E-state index contributed by atoms with van der Waals surface area (Å²) in [6, 6.07) is 12.2. The van der Waals surface area contributed by atoms with Crippen molar-refractivity contribution in [1.82, 2.24) is 10.2 Å². The minimum Gasteiger partial charge on any atom is -0.353 e. The maximum Gasteiger partial charge on any atom is 0.322 e. The first-order chi connectivity index (χ1) is 13.4. The number of nitrogens with one attached hydrogen (secondary N) is 3. The lowest BCUT2D eigenvalue weighted by Crippen LogP contribution is -2.59. The lowest BCUT2D eigenvalue weighted by atomic mass is 10.1. The molecule has 146 valence electrons. The number of benzene rings is 2. The fourth-order valence-electron chi connectivity index (χ4n) is 2.85. The summed E-state index contributed by atoms with van der Waals surface area (Å²) in [7, 11) is 0. The van der Waals surface area contributed by atoms with Crippen LogP contribution in [-0.4, -0.2) is 41.9 Å². The van der Waals surface area contributed by atoms with Crippen LogP contribution >= 0.6 is 23.2 Å². The molecule has 28 heavy (non-hydrogen) atoms. The van der Waals surface area contributed by atoms with Gasteiger partial charge < -0.3 is 20.9 Å². The number of hydrogen-bond donors (Lipinski definition) is 3. The van der Waals surface area contributed by atoms with Crippen molar-refractivity contribution in [3.63, 3.8) is 0 Å². The van der Waals surface area contributed by atoms with Crippen LogP contribution in [-0.2, 0) is 9.59 Å². The molecule has 0 bridgehead atoms. The van der Waals surface area contributed by atoms with Crippen molar-refractivity contribution in [2.45, 2.75) is 12.5 Å². The van der Waals surface area contributed by atoms with Gasteiger partial charge in [0.2, 0.25) is 11.8 Å². The van der Waals surface area contributed by atoms with Crippen LogP contribution in [0.3, 0.4) is 0 Å². The van der Waals surface area contributed by atoms with Gasteiger partial charge in [-0.05, 0) is 30.3 Å². The highest BCUT2D eigenvalue weighted by Gasteiger charge is 2.34. The highest BCUT2D eigenvalue weighted by atomic mass is 35.5. The topological polar surface area (TPSA) is 90.5 Å². The van der Waals surface area contributed by atoms with Crippen LogP contribution in [0.4, 0.5) is 16.2 Å². The first-order valence-corrected chi connectivity index (χ1v) is 9.35. The summed E-state index contributed by atoms with van der Waals surface area (Å²) in [6.45, 7) is 0.611. The first-order valence-electron chi connectivity index (χ1n) is 8.59. The third kappa shape index (κ3) is 4.94. The molecule has 1 aliphatic heterocycles. The average Bonchev–Trinajstić information content (AvgIpc) is 2.67. The molecule has 1 aliphatic rings. The van der Waals surface area contributed by atoms with E-state index in [1.54, 1.807) is 36.4 Å². The first kappa shape index (κ1) is 20.0. The number of piperazine rings is 1. The Morgan fingerprint density at radius 2 is 1.86 bits per heavy atom. The number of amides is 4. The second-order valence-electron chi connectivity index (χ2n) is 6.17. The molecule has 2 aromatic rings. The molecular weight excluding hydrogens is 403 g/mol. The minimum absolute atomic E-state index is 0.211. The van der Waals surface area contributed by atoms with Gasteiger partial charge in [-0.25, -0.2) is 4.79 Å². The van der Waals surface area contributed by atoms with Crippen LogP contribution in [0.25, 0.3) is 0 Å². The van der Waals surface area contributed by atoms with E-state index in [1.165, 1.54) is 11.0 Å². The van der Waals surface area contributed by atoms with Crippen LogP contribution in [0.5, 0.6) is 0 Å². The van der Waals surface area contributed by atoms with E-state index in [0.717, 1.165) is 0 Å². The smallest absolute Gasteiger partial charge is 0.322 e. The summed E-state index contributed by atoms with van der Waals surface area (Å²) in [5, 5.41) is 8.79. The molecule has 3 N–H and O–H groups in total. The van der Waals surface area contributed by atoms with Gasteiger partial charge in [-0.15, -0.1) is 0 Å². The Bertz CT molecular complexity index is 892. The molecule has 0 aliphatic carbocycles. The van der Waals surface area contributed by atoms with Gasteiger partial charge >= 0.3 is 6.03 Å². The molecule has 9 heteroatoms. The van der Waals surface area contributed by atoms with Gasteiger partial charge in [-0.3, -0.25) is 9.59 Å². The van der Waals surface area contributed by atoms with E-state index >= 15 is 0 Å². The van der Waals surface area contributed by atoms with Gasteiger partial charge in [0.05, 0.1) is 17.1 Å². The number of para-hydroxylation sites is 1. The van der Waals surface area contributed by atoms with E-state index in [2.05, 4.69) is 16.0 Å². The SMILES string of the molecule is O=C(C[C@H]1C(=O)NCCN1C(=O)Nc1ccccc1)Nc1cc(Cl)ccc1Cl. The molecule has 0 spiro atoms. The molecule has 7 nitrogen and oxygen atoms in total. The van der Waals surface area contributed by atoms with E-state index < -0.39 is 18.0 Å². The second-order valence-corrected chi connectivity index (χ2v) is 7.02. The molecule has 0 saturated carbocycles. The summed E-state index contributed by atoms with van der Waals surface area (Å²) in [4.78, 5) is 38.8. The molecule has 4 amide bonds. The zero-order valence-corrected chi connectivity index (χ0v) is 16.3. The third-order valence-corrected chi connectivity index (χ3v) is 4.76. The lowest BCUT2D eigenvalue weighted by Gasteiger charge is -2.34. The van der Waals surface area contributed by atoms with Gasteiger partial charge in [-0.2, -0.15) is 0 Å². The Kier molecular flexibility index (Phi) is 6.38. The normalized spacial score (nSPS) is 16.3. The van der Waals surface area contributed by atoms with E-state index in [9.17, 15) is 14.4 Å². The van der Waals surface area contributed by atoms with E-state index in [0.29, 0.717) is 34.5 Å². The molecule has 0 aromatic heterocycles. The number of nitrogens with zero attached hydrogens (tertiary/aromatic N) is 1. The fraction of sp³-hybridized carbons (Fsp3) is 0.211. The van der Waals surface area contributed by atoms with Crippen molar-refractivity contribution < 1.29 is 14.4 Å². The second kappa shape index (κ2) is 8.95. The van der Waals surface area contributed by atoms with Crippen LogP contribution < -0.4 is 16.0 Å². The maximum absolute atomic E-state index is 12.6. The molecule has 0 radical (unpaired) electrons. The fourth-order valence-corrected chi connectivity index (χ4v) is 3.18. The lowest BCUT2D eigenvalue weighted by molar-refractivity contribution is -0.130. The number of carbonyl (C=O) groups excluding carboxylic acids is 3.